The lowest BCUT2D eigenvalue weighted by Gasteiger charge is -2.29. The fraction of sp³-hybridized carbons (Fsp3) is 0.143. The quantitative estimate of drug-likeness (QED) is 0.735. The zero-order valence-electron chi connectivity index (χ0n) is 14.2. The topological polar surface area (TPSA) is 45.2 Å². The molecule has 1 N–H and O–H groups in total. The maximum atomic E-state index is 12.9. The Morgan fingerprint density at radius 3 is 2.73 bits per heavy atom. The first-order valence-electron chi connectivity index (χ1n) is 8.54. The third-order valence-electron chi connectivity index (χ3n) is 4.52. The Morgan fingerprint density at radius 2 is 1.88 bits per heavy atom. The Bertz CT molecular complexity index is 957. The summed E-state index contributed by atoms with van der Waals surface area (Å²) in [5, 5.41) is 3.84. The van der Waals surface area contributed by atoms with Gasteiger partial charge < -0.3 is 10.2 Å². The van der Waals surface area contributed by atoms with E-state index in [4.69, 9.17) is 11.6 Å². The van der Waals surface area contributed by atoms with Gasteiger partial charge in [-0.05, 0) is 47.9 Å². The summed E-state index contributed by atoms with van der Waals surface area (Å²) in [5.41, 5.74) is 4.01. The van der Waals surface area contributed by atoms with Crippen LogP contribution in [0.2, 0.25) is 5.02 Å². The van der Waals surface area contributed by atoms with E-state index < -0.39 is 0 Å². The fourth-order valence-electron chi connectivity index (χ4n) is 3.20. The van der Waals surface area contributed by atoms with Gasteiger partial charge in [-0.2, -0.15) is 0 Å². The average molecular weight is 364 g/mol. The number of hydrogen-bond donors (Lipinski definition) is 1. The van der Waals surface area contributed by atoms with Crippen molar-refractivity contribution in [1.82, 2.24) is 9.88 Å². The second-order valence-electron chi connectivity index (χ2n) is 6.31. The molecule has 2 heterocycles. The number of nitrogens with zero attached hydrogens (tertiary/aromatic N) is 2. The van der Waals surface area contributed by atoms with E-state index in [1.54, 1.807) is 18.3 Å². The predicted octanol–water partition coefficient (Wildman–Crippen LogP) is 4.68. The summed E-state index contributed by atoms with van der Waals surface area (Å²) < 4.78 is 0. The number of amides is 1. The average Bonchev–Trinajstić information content (AvgIpc) is 2.67. The molecule has 0 spiro atoms. The Hall–Kier alpha value is -2.85. The highest BCUT2D eigenvalue weighted by atomic mass is 35.5. The van der Waals surface area contributed by atoms with E-state index in [0.29, 0.717) is 22.9 Å². The van der Waals surface area contributed by atoms with Crippen molar-refractivity contribution >= 4 is 29.0 Å². The highest BCUT2D eigenvalue weighted by Gasteiger charge is 2.21. The van der Waals surface area contributed by atoms with Gasteiger partial charge in [0.05, 0.1) is 0 Å². The molecule has 1 aliphatic rings. The van der Waals surface area contributed by atoms with Crippen LogP contribution in [0.1, 0.15) is 21.5 Å². The van der Waals surface area contributed by atoms with Crippen LogP contribution in [0.3, 0.4) is 0 Å². The van der Waals surface area contributed by atoms with Crippen LogP contribution in [0.15, 0.2) is 66.9 Å². The molecule has 0 fully saturated rings. The molecule has 3 aromatic rings. The Kier molecular flexibility index (Phi) is 4.59. The molecule has 1 aliphatic heterocycles. The van der Waals surface area contributed by atoms with Gasteiger partial charge in [-0.15, -0.1) is 0 Å². The van der Waals surface area contributed by atoms with Crippen LogP contribution in [0.4, 0.5) is 11.5 Å². The number of hydrogen-bond acceptors (Lipinski definition) is 3. The third-order valence-corrected chi connectivity index (χ3v) is 4.76. The van der Waals surface area contributed by atoms with Crippen molar-refractivity contribution in [1.29, 1.82) is 0 Å². The van der Waals surface area contributed by atoms with Gasteiger partial charge in [-0.3, -0.25) is 4.79 Å². The highest BCUT2D eigenvalue weighted by Crippen LogP contribution is 2.22. The summed E-state index contributed by atoms with van der Waals surface area (Å²) in [6.45, 7) is 1.38. The summed E-state index contributed by atoms with van der Waals surface area (Å²) >= 11 is 6.01. The Labute approximate surface area is 157 Å². The summed E-state index contributed by atoms with van der Waals surface area (Å²) in [7, 11) is 0. The van der Waals surface area contributed by atoms with Crippen molar-refractivity contribution in [2.45, 2.75) is 13.0 Å². The van der Waals surface area contributed by atoms with Crippen LogP contribution in [0, 0.1) is 0 Å². The van der Waals surface area contributed by atoms with E-state index in [1.807, 2.05) is 41.3 Å². The van der Waals surface area contributed by atoms with E-state index in [9.17, 15) is 4.79 Å². The summed E-state index contributed by atoms with van der Waals surface area (Å²) in [5.74, 6) is 0.645. The van der Waals surface area contributed by atoms with E-state index in [-0.39, 0.29) is 5.91 Å². The molecular weight excluding hydrogens is 346 g/mol. The molecule has 4 nitrogen and oxygen atoms in total. The lowest BCUT2D eigenvalue weighted by atomic mass is 9.99. The number of fused-ring (bicyclic) bond motifs is 1. The van der Waals surface area contributed by atoms with Crippen molar-refractivity contribution in [2.75, 3.05) is 11.9 Å². The first kappa shape index (κ1) is 16.6. The molecule has 0 saturated carbocycles. The molecule has 0 atom stereocenters. The summed E-state index contributed by atoms with van der Waals surface area (Å²) in [6.07, 6.45) is 2.54. The van der Waals surface area contributed by atoms with Crippen LogP contribution in [-0.4, -0.2) is 22.3 Å². The van der Waals surface area contributed by atoms with Gasteiger partial charge in [0, 0.05) is 35.6 Å². The van der Waals surface area contributed by atoms with Crippen LogP contribution in [-0.2, 0) is 13.0 Å². The van der Waals surface area contributed by atoms with Gasteiger partial charge in [0.2, 0.25) is 0 Å². The van der Waals surface area contributed by atoms with Crippen molar-refractivity contribution in [2.24, 2.45) is 0 Å². The maximum absolute atomic E-state index is 12.9. The lowest BCUT2D eigenvalue weighted by molar-refractivity contribution is 0.0734. The van der Waals surface area contributed by atoms with Crippen molar-refractivity contribution in [3.8, 4) is 0 Å². The number of halogens is 1. The van der Waals surface area contributed by atoms with E-state index in [0.717, 1.165) is 18.7 Å². The van der Waals surface area contributed by atoms with Crippen molar-refractivity contribution < 1.29 is 4.79 Å². The highest BCUT2D eigenvalue weighted by molar-refractivity contribution is 6.30. The first-order valence-corrected chi connectivity index (χ1v) is 8.91. The smallest absolute Gasteiger partial charge is 0.254 e. The minimum absolute atomic E-state index is 0.0241. The van der Waals surface area contributed by atoms with Gasteiger partial charge in [0.15, 0.2) is 0 Å². The molecule has 0 unspecified atom stereocenters. The third kappa shape index (κ3) is 3.55. The fourth-order valence-corrected chi connectivity index (χ4v) is 3.39. The predicted molar refractivity (Wildman–Crippen MR) is 104 cm³/mol. The van der Waals surface area contributed by atoms with Crippen LogP contribution in [0.25, 0.3) is 0 Å². The zero-order valence-corrected chi connectivity index (χ0v) is 14.9. The van der Waals surface area contributed by atoms with Crippen molar-refractivity contribution in [3.63, 3.8) is 0 Å². The van der Waals surface area contributed by atoms with Crippen molar-refractivity contribution in [3.05, 3.63) is 88.6 Å². The van der Waals surface area contributed by atoms with E-state index >= 15 is 0 Å². The van der Waals surface area contributed by atoms with Gasteiger partial charge in [-0.25, -0.2) is 4.98 Å². The van der Waals surface area contributed by atoms with Gasteiger partial charge >= 0.3 is 0 Å². The maximum Gasteiger partial charge on any atom is 0.254 e. The number of pyridine rings is 1. The largest absolute Gasteiger partial charge is 0.340 e. The monoisotopic (exact) mass is 363 g/mol. The summed E-state index contributed by atoms with van der Waals surface area (Å²) in [6, 6.07) is 19.2. The number of nitrogens with one attached hydrogen (secondary N) is 1. The second kappa shape index (κ2) is 7.18. The van der Waals surface area contributed by atoms with E-state index in [1.165, 1.54) is 11.1 Å². The number of carbonyl (C=O) groups is 1. The molecule has 4 rings (SSSR count). The zero-order chi connectivity index (χ0) is 17.9. The molecule has 26 heavy (non-hydrogen) atoms. The first-order chi connectivity index (χ1) is 12.7. The van der Waals surface area contributed by atoms with Gasteiger partial charge in [-0.1, -0.05) is 41.9 Å². The lowest BCUT2D eigenvalue weighted by Crippen LogP contribution is -2.35. The standard InChI is InChI=1S/C21H18ClN3O/c22-18-6-3-7-19(13-18)24-20-12-16(8-10-23-20)21(26)25-11-9-15-4-1-2-5-17(15)14-25/h1-8,10,12-13H,9,11,14H2,(H,23,24). The van der Waals surface area contributed by atoms with E-state index in [2.05, 4.69) is 22.4 Å². The van der Waals surface area contributed by atoms with Crippen LogP contribution < -0.4 is 5.32 Å². The molecular formula is C21H18ClN3O. The molecule has 2 aromatic carbocycles. The SMILES string of the molecule is O=C(c1ccnc(Nc2cccc(Cl)c2)c1)N1CCc2ccccc2C1. The number of benzene rings is 2. The van der Waals surface area contributed by atoms with Crippen LogP contribution in [0.5, 0.6) is 0 Å². The number of carbonyl (C=O) groups excluding carboxylic acids is 1. The minimum atomic E-state index is 0.0241. The summed E-state index contributed by atoms with van der Waals surface area (Å²) in [4.78, 5) is 19.1. The number of anilines is 2. The molecule has 130 valence electrons. The molecule has 1 amide bonds. The second-order valence-corrected chi connectivity index (χ2v) is 6.75. The molecule has 0 bridgehead atoms. The molecule has 1 aromatic heterocycles. The molecule has 0 saturated heterocycles. The van der Waals surface area contributed by atoms with Gasteiger partial charge in [0.1, 0.15) is 5.82 Å². The minimum Gasteiger partial charge on any atom is -0.340 e. The number of rotatable bonds is 3. The molecule has 5 heteroatoms. The Morgan fingerprint density at radius 1 is 1.04 bits per heavy atom. The van der Waals surface area contributed by atoms with Crippen LogP contribution >= 0.6 is 11.6 Å². The Balaban J connectivity index is 1.52. The van der Waals surface area contributed by atoms with Gasteiger partial charge in [0.25, 0.3) is 5.91 Å². The molecule has 0 aliphatic carbocycles. The number of aromatic nitrogens is 1. The normalized spacial score (nSPS) is 13.2. The molecule has 0 radical (unpaired) electrons.